The second-order valence-corrected chi connectivity index (χ2v) is 5.64. The highest BCUT2D eigenvalue weighted by molar-refractivity contribution is 7.11. The molecule has 1 aromatic heterocycles. The van der Waals surface area contributed by atoms with Crippen LogP contribution in [0.2, 0.25) is 5.02 Å². The fraction of sp³-hybridized carbons (Fsp3) is 0.308. The maximum absolute atomic E-state index is 6.07. The summed E-state index contributed by atoms with van der Waals surface area (Å²) in [7, 11) is 1.61. The number of hydrogen-bond acceptors (Lipinski definition) is 4. The number of thiazole rings is 1. The SMILES string of the molecule is COc1ccc(NCc2sc(C)nc2C)cc1Cl. The summed E-state index contributed by atoms with van der Waals surface area (Å²) in [5.41, 5.74) is 2.07. The Morgan fingerprint density at radius 1 is 1.39 bits per heavy atom. The lowest BCUT2D eigenvalue weighted by Crippen LogP contribution is -1.99. The third kappa shape index (κ3) is 2.94. The van der Waals surface area contributed by atoms with Crippen molar-refractivity contribution in [1.29, 1.82) is 0 Å². The molecular weight excluding hydrogens is 268 g/mol. The van der Waals surface area contributed by atoms with Crippen LogP contribution in [0.25, 0.3) is 0 Å². The molecule has 0 bridgehead atoms. The quantitative estimate of drug-likeness (QED) is 0.919. The first-order valence-corrected chi connectivity index (χ1v) is 6.80. The summed E-state index contributed by atoms with van der Waals surface area (Å²) in [4.78, 5) is 5.65. The zero-order valence-electron chi connectivity index (χ0n) is 10.6. The van der Waals surface area contributed by atoms with E-state index in [0.29, 0.717) is 10.8 Å². The van der Waals surface area contributed by atoms with Crippen molar-refractivity contribution in [2.45, 2.75) is 20.4 Å². The molecule has 0 amide bonds. The Hall–Kier alpha value is -1.26. The number of anilines is 1. The van der Waals surface area contributed by atoms with Crippen molar-refractivity contribution in [2.75, 3.05) is 12.4 Å². The van der Waals surface area contributed by atoms with Crippen molar-refractivity contribution in [3.8, 4) is 5.75 Å². The number of ether oxygens (including phenoxy) is 1. The zero-order valence-corrected chi connectivity index (χ0v) is 12.2. The molecule has 0 aliphatic rings. The molecule has 0 spiro atoms. The number of benzene rings is 1. The van der Waals surface area contributed by atoms with Gasteiger partial charge in [0.15, 0.2) is 0 Å². The standard InChI is InChI=1S/C13H15ClN2OS/c1-8-13(18-9(2)16-8)7-15-10-4-5-12(17-3)11(14)6-10/h4-6,15H,7H2,1-3H3. The summed E-state index contributed by atoms with van der Waals surface area (Å²) in [5, 5.41) is 5.04. The Kier molecular flexibility index (Phi) is 4.09. The van der Waals surface area contributed by atoms with Crippen LogP contribution in [0, 0.1) is 13.8 Å². The Labute approximate surface area is 116 Å². The number of nitrogens with zero attached hydrogens (tertiary/aromatic N) is 1. The summed E-state index contributed by atoms with van der Waals surface area (Å²) in [6.45, 7) is 4.81. The molecule has 0 aliphatic heterocycles. The smallest absolute Gasteiger partial charge is 0.137 e. The maximum atomic E-state index is 6.07. The molecule has 96 valence electrons. The molecule has 1 heterocycles. The number of methoxy groups -OCH3 is 1. The summed E-state index contributed by atoms with van der Waals surface area (Å²) in [6, 6.07) is 5.67. The predicted molar refractivity (Wildman–Crippen MR) is 76.9 cm³/mol. The molecule has 5 heteroatoms. The number of aromatic nitrogens is 1. The Morgan fingerprint density at radius 3 is 2.72 bits per heavy atom. The van der Waals surface area contributed by atoms with Crippen LogP contribution >= 0.6 is 22.9 Å². The first-order chi connectivity index (χ1) is 8.60. The highest BCUT2D eigenvalue weighted by Gasteiger charge is 2.05. The third-order valence-electron chi connectivity index (χ3n) is 2.60. The summed E-state index contributed by atoms with van der Waals surface area (Å²) >= 11 is 7.79. The molecule has 0 atom stereocenters. The van der Waals surface area contributed by atoms with Crippen molar-refractivity contribution in [1.82, 2.24) is 4.98 Å². The van der Waals surface area contributed by atoms with Gasteiger partial charge in [0.05, 0.1) is 29.4 Å². The van der Waals surface area contributed by atoms with Gasteiger partial charge in [-0.3, -0.25) is 0 Å². The number of halogens is 1. The van der Waals surface area contributed by atoms with Gasteiger partial charge in [0.25, 0.3) is 0 Å². The van der Waals surface area contributed by atoms with Crippen molar-refractivity contribution in [2.24, 2.45) is 0 Å². The molecule has 0 saturated carbocycles. The van der Waals surface area contributed by atoms with Crippen LogP contribution in [0.3, 0.4) is 0 Å². The molecule has 0 radical (unpaired) electrons. The van der Waals surface area contributed by atoms with Crippen molar-refractivity contribution >= 4 is 28.6 Å². The average molecular weight is 283 g/mol. The van der Waals surface area contributed by atoms with Crippen LogP contribution in [-0.2, 0) is 6.54 Å². The minimum Gasteiger partial charge on any atom is -0.495 e. The Balaban J connectivity index is 2.06. The lowest BCUT2D eigenvalue weighted by atomic mass is 10.3. The summed E-state index contributed by atoms with van der Waals surface area (Å²) in [5.74, 6) is 0.687. The molecule has 2 rings (SSSR count). The lowest BCUT2D eigenvalue weighted by Gasteiger charge is -2.08. The average Bonchev–Trinajstić information content (AvgIpc) is 2.65. The lowest BCUT2D eigenvalue weighted by molar-refractivity contribution is 0.415. The molecule has 1 aromatic carbocycles. The van der Waals surface area contributed by atoms with Crippen LogP contribution in [-0.4, -0.2) is 12.1 Å². The fourth-order valence-electron chi connectivity index (χ4n) is 1.70. The second-order valence-electron chi connectivity index (χ2n) is 3.94. The van der Waals surface area contributed by atoms with E-state index in [1.807, 2.05) is 32.0 Å². The van der Waals surface area contributed by atoms with Gasteiger partial charge in [-0.15, -0.1) is 11.3 Å². The Morgan fingerprint density at radius 2 is 2.17 bits per heavy atom. The van der Waals surface area contributed by atoms with Gasteiger partial charge in [0, 0.05) is 10.6 Å². The van der Waals surface area contributed by atoms with Gasteiger partial charge in [0.1, 0.15) is 5.75 Å². The van der Waals surface area contributed by atoms with Crippen LogP contribution < -0.4 is 10.1 Å². The van der Waals surface area contributed by atoms with E-state index in [9.17, 15) is 0 Å². The highest BCUT2D eigenvalue weighted by Crippen LogP contribution is 2.28. The van der Waals surface area contributed by atoms with E-state index in [-0.39, 0.29) is 0 Å². The van der Waals surface area contributed by atoms with E-state index in [1.165, 1.54) is 4.88 Å². The molecular formula is C13H15ClN2OS. The van der Waals surface area contributed by atoms with E-state index in [4.69, 9.17) is 16.3 Å². The first-order valence-electron chi connectivity index (χ1n) is 5.60. The molecule has 3 nitrogen and oxygen atoms in total. The zero-order chi connectivity index (χ0) is 13.1. The van der Waals surface area contributed by atoms with E-state index in [0.717, 1.165) is 22.9 Å². The third-order valence-corrected chi connectivity index (χ3v) is 3.97. The van der Waals surface area contributed by atoms with E-state index >= 15 is 0 Å². The van der Waals surface area contributed by atoms with Crippen molar-refractivity contribution in [3.05, 3.63) is 38.8 Å². The minimum atomic E-state index is 0.611. The number of rotatable bonds is 4. The predicted octanol–water partition coefficient (Wildman–Crippen LogP) is 4.03. The van der Waals surface area contributed by atoms with Gasteiger partial charge in [-0.25, -0.2) is 4.98 Å². The summed E-state index contributed by atoms with van der Waals surface area (Å²) < 4.78 is 5.12. The largest absolute Gasteiger partial charge is 0.495 e. The van der Waals surface area contributed by atoms with Crippen LogP contribution in [0.1, 0.15) is 15.6 Å². The molecule has 0 unspecified atom stereocenters. The molecule has 2 aromatic rings. The molecule has 0 saturated heterocycles. The normalized spacial score (nSPS) is 10.4. The molecule has 18 heavy (non-hydrogen) atoms. The first kappa shape index (κ1) is 13.2. The molecule has 0 fully saturated rings. The van der Waals surface area contributed by atoms with Gasteiger partial charge in [0.2, 0.25) is 0 Å². The van der Waals surface area contributed by atoms with E-state index in [1.54, 1.807) is 18.4 Å². The van der Waals surface area contributed by atoms with E-state index in [2.05, 4.69) is 10.3 Å². The van der Waals surface area contributed by atoms with Gasteiger partial charge < -0.3 is 10.1 Å². The van der Waals surface area contributed by atoms with Gasteiger partial charge in [-0.2, -0.15) is 0 Å². The molecule has 0 aliphatic carbocycles. The second kappa shape index (κ2) is 5.59. The summed E-state index contributed by atoms with van der Waals surface area (Å²) in [6.07, 6.45) is 0. The Bertz CT molecular complexity index is 554. The van der Waals surface area contributed by atoms with Crippen molar-refractivity contribution < 1.29 is 4.74 Å². The van der Waals surface area contributed by atoms with Crippen LogP contribution in [0.15, 0.2) is 18.2 Å². The maximum Gasteiger partial charge on any atom is 0.137 e. The minimum absolute atomic E-state index is 0.611. The molecule has 1 N–H and O–H groups in total. The highest BCUT2D eigenvalue weighted by atomic mass is 35.5. The van der Waals surface area contributed by atoms with Gasteiger partial charge in [-0.1, -0.05) is 11.6 Å². The monoisotopic (exact) mass is 282 g/mol. The topological polar surface area (TPSA) is 34.1 Å². The number of aryl methyl sites for hydroxylation is 2. The number of hydrogen-bond donors (Lipinski definition) is 1. The van der Waals surface area contributed by atoms with Gasteiger partial charge >= 0.3 is 0 Å². The van der Waals surface area contributed by atoms with Crippen LogP contribution in [0.5, 0.6) is 5.75 Å². The fourth-order valence-corrected chi connectivity index (χ4v) is 2.83. The van der Waals surface area contributed by atoms with Crippen LogP contribution in [0.4, 0.5) is 5.69 Å². The van der Waals surface area contributed by atoms with E-state index < -0.39 is 0 Å². The van der Waals surface area contributed by atoms with Crippen molar-refractivity contribution in [3.63, 3.8) is 0 Å². The van der Waals surface area contributed by atoms with Gasteiger partial charge in [-0.05, 0) is 32.0 Å². The number of nitrogens with one attached hydrogen (secondary N) is 1.